The molecule has 0 aromatic carbocycles. The lowest BCUT2D eigenvalue weighted by Gasteiger charge is -2.34. The number of rotatable bonds is 4. The average Bonchev–Trinajstić information content (AvgIpc) is 2.34. The van der Waals surface area contributed by atoms with Gasteiger partial charge in [-0.05, 0) is 39.5 Å². The van der Waals surface area contributed by atoms with Gasteiger partial charge in [-0.1, -0.05) is 6.92 Å². The predicted octanol–water partition coefficient (Wildman–Crippen LogP) is 1.68. The van der Waals surface area contributed by atoms with Crippen LogP contribution in [0.25, 0.3) is 0 Å². The van der Waals surface area contributed by atoms with Gasteiger partial charge in [0.1, 0.15) is 6.54 Å². The number of nitrogens with zero attached hydrogens (tertiary/aromatic N) is 2. The Hall–Kier alpha value is -1.26. The first-order chi connectivity index (χ1) is 8.93. The summed E-state index contributed by atoms with van der Waals surface area (Å²) in [5.74, 6) is 0.469. The molecular weight excluding hydrogens is 242 g/mol. The van der Waals surface area contributed by atoms with Gasteiger partial charge in [-0.15, -0.1) is 0 Å². The van der Waals surface area contributed by atoms with Crippen molar-refractivity contribution in [2.75, 3.05) is 26.2 Å². The summed E-state index contributed by atoms with van der Waals surface area (Å²) in [6, 6.07) is 0.101. The molecule has 0 aromatic rings. The Morgan fingerprint density at radius 3 is 2.63 bits per heavy atom. The van der Waals surface area contributed by atoms with Crippen LogP contribution in [0, 0.1) is 5.92 Å². The molecule has 19 heavy (non-hydrogen) atoms. The van der Waals surface area contributed by atoms with E-state index in [9.17, 15) is 9.59 Å². The minimum absolute atomic E-state index is 0.00652. The van der Waals surface area contributed by atoms with Crippen molar-refractivity contribution in [2.24, 2.45) is 5.92 Å². The molecule has 1 atom stereocenters. The van der Waals surface area contributed by atoms with Gasteiger partial charge >= 0.3 is 6.03 Å². The van der Waals surface area contributed by atoms with Crippen LogP contribution in [-0.4, -0.2) is 54.0 Å². The number of likely N-dealkylation sites (N-methyl/N-ethyl adjacent to an activating group) is 1. The van der Waals surface area contributed by atoms with E-state index >= 15 is 0 Å². The third-order valence-corrected chi connectivity index (χ3v) is 3.36. The Kier molecular flexibility index (Phi) is 6.12. The molecule has 1 aliphatic heterocycles. The van der Waals surface area contributed by atoms with Crippen LogP contribution >= 0.6 is 0 Å². The fraction of sp³-hybridized carbons (Fsp3) is 0.857. The lowest BCUT2D eigenvalue weighted by atomic mass is 10.0. The highest BCUT2D eigenvalue weighted by atomic mass is 16.2. The summed E-state index contributed by atoms with van der Waals surface area (Å²) in [4.78, 5) is 27.6. The number of amides is 3. The zero-order valence-corrected chi connectivity index (χ0v) is 12.6. The number of piperidine rings is 1. The molecule has 0 aromatic heterocycles. The van der Waals surface area contributed by atoms with Gasteiger partial charge in [0.25, 0.3) is 0 Å². The van der Waals surface area contributed by atoms with Crippen LogP contribution < -0.4 is 5.32 Å². The van der Waals surface area contributed by atoms with Crippen molar-refractivity contribution >= 4 is 11.9 Å². The van der Waals surface area contributed by atoms with E-state index in [1.54, 1.807) is 4.90 Å². The minimum atomic E-state index is -0.0877. The number of likely N-dealkylation sites (tertiary alicyclic amines) is 1. The quantitative estimate of drug-likeness (QED) is 0.844. The first-order valence-electron chi connectivity index (χ1n) is 7.27. The molecule has 3 amide bonds. The summed E-state index contributed by atoms with van der Waals surface area (Å²) < 4.78 is 0. The molecule has 5 heteroatoms. The number of hydrogen-bond donors (Lipinski definition) is 1. The molecule has 1 unspecified atom stereocenters. The topological polar surface area (TPSA) is 52.7 Å². The van der Waals surface area contributed by atoms with Crippen molar-refractivity contribution in [3.8, 4) is 0 Å². The zero-order valence-electron chi connectivity index (χ0n) is 12.6. The maximum atomic E-state index is 12.4. The summed E-state index contributed by atoms with van der Waals surface area (Å²) in [5.41, 5.74) is 0. The lowest BCUT2D eigenvalue weighted by Crippen LogP contribution is -2.50. The molecule has 0 bridgehead atoms. The van der Waals surface area contributed by atoms with Gasteiger partial charge in [-0.25, -0.2) is 4.79 Å². The summed E-state index contributed by atoms with van der Waals surface area (Å²) in [6.07, 6.45) is 2.24. The first kappa shape index (κ1) is 15.8. The molecule has 110 valence electrons. The number of hydrogen-bond acceptors (Lipinski definition) is 2. The number of nitrogens with one attached hydrogen (secondary N) is 1. The molecule has 1 aliphatic rings. The highest BCUT2D eigenvalue weighted by molar-refractivity contribution is 5.84. The number of carbonyl (C=O) groups excluding carboxylic acids is 2. The van der Waals surface area contributed by atoms with Crippen LogP contribution in [0.15, 0.2) is 0 Å². The van der Waals surface area contributed by atoms with Crippen LogP contribution in [0.4, 0.5) is 4.79 Å². The van der Waals surface area contributed by atoms with E-state index < -0.39 is 0 Å². The predicted molar refractivity (Wildman–Crippen MR) is 75.9 cm³/mol. The van der Waals surface area contributed by atoms with E-state index in [2.05, 4.69) is 12.2 Å². The van der Waals surface area contributed by atoms with Gasteiger partial charge < -0.3 is 15.1 Å². The summed E-state index contributed by atoms with van der Waals surface area (Å²) >= 11 is 0. The molecule has 0 aliphatic carbocycles. The van der Waals surface area contributed by atoms with Gasteiger partial charge in [0, 0.05) is 25.7 Å². The second-order valence-electron chi connectivity index (χ2n) is 5.71. The standard InChI is InChI=1S/C14H27N3O2/c1-5-16(10-13(18)15-11(2)3)14(19)17-8-6-7-12(4)9-17/h11-12H,5-10H2,1-4H3,(H,15,18). The van der Waals surface area contributed by atoms with Crippen molar-refractivity contribution < 1.29 is 9.59 Å². The van der Waals surface area contributed by atoms with Crippen molar-refractivity contribution in [2.45, 2.75) is 46.6 Å². The second kappa shape index (κ2) is 7.36. The third kappa shape index (κ3) is 5.09. The third-order valence-electron chi connectivity index (χ3n) is 3.36. The lowest BCUT2D eigenvalue weighted by molar-refractivity contribution is -0.122. The summed E-state index contributed by atoms with van der Waals surface area (Å²) in [7, 11) is 0. The Morgan fingerprint density at radius 1 is 1.42 bits per heavy atom. The molecule has 0 radical (unpaired) electrons. The van der Waals surface area contributed by atoms with E-state index in [-0.39, 0.29) is 24.5 Å². The van der Waals surface area contributed by atoms with Crippen LogP contribution in [-0.2, 0) is 4.79 Å². The van der Waals surface area contributed by atoms with Crippen molar-refractivity contribution in [1.29, 1.82) is 0 Å². The average molecular weight is 269 g/mol. The van der Waals surface area contributed by atoms with Gasteiger partial charge in [-0.2, -0.15) is 0 Å². The maximum absolute atomic E-state index is 12.4. The highest BCUT2D eigenvalue weighted by Crippen LogP contribution is 2.16. The molecule has 0 spiro atoms. The number of urea groups is 1. The van der Waals surface area contributed by atoms with Crippen LogP contribution in [0.5, 0.6) is 0 Å². The molecule has 1 heterocycles. The molecule has 1 rings (SSSR count). The van der Waals surface area contributed by atoms with Crippen LogP contribution in [0.3, 0.4) is 0 Å². The fourth-order valence-electron chi connectivity index (χ4n) is 2.42. The van der Waals surface area contributed by atoms with E-state index in [0.717, 1.165) is 19.5 Å². The first-order valence-corrected chi connectivity index (χ1v) is 7.27. The zero-order chi connectivity index (χ0) is 14.4. The second-order valence-corrected chi connectivity index (χ2v) is 5.71. The molecule has 1 N–H and O–H groups in total. The normalized spacial score (nSPS) is 19.4. The Labute approximate surface area is 116 Å². The molecule has 5 nitrogen and oxygen atoms in total. The molecular formula is C14H27N3O2. The molecule has 1 fully saturated rings. The Bertz CT molecular complexity index is 318. The fourth-order valence-corrected chi connectivity index (χ4v) is 2.42. The largest absolute Gasteiger partial charge is 0.352 e. The Morgan fingerprint density at radius 2 is 2.11 bits per heavy atom. The van der Waals surface area contributed by atoms with Crippen molar-refractivity contribution in [1.82, 2.24) is 15.1 Å². The molecule has 0 saturated carbocycles. The van der Waals surface area contributed by atoms with Gasteiger partial charge in [0.2, 0.25) is 5.91 Å². The van der Waals surface area contributed by atoms with E-state index in [1.165, 1.54) is 6.42 Å². The smallest absolute Gasteiger partial charge is 0.320 e. The van der Waals surface area contributed by atoms with E-state index in [0.29, 0.717) is 12.5 Å². The maximum Gasteiger partial charge on any atom is 0.320 e. The highest BCUT2D eigenvalue weighted by Gasteiger charge is 2.25. The van der Waals surface area contributed by atoms with Gasteiger partial charge in [0.15, 0.2) is 0 Å². The number of carbonyl (C=O) groups is 2. The van der Waals surface area contributed by atoms with E-state index in [4.69, 9.17) is 0 Å². The van der Waals surface area contributed by atoms with Crippen LogP contribution in [0.2, 0.25) is 0 Å². The van der Waals surface area contributed by atoms with Gasteiger partial charge in [-0.3, -0.25) is 4.79 Å². The molecule has 1 saturated heterocycles. The van der Waals surface area contributed by atoms with Crippen molar-refractivity contribution in [3.05, 3.63) is 0 Å². The Balaban J connectivity index is 2.53. The van der Waals surface area contributed by atoms with Crippen molar-refractivity contribution in [3.63, 3.8) is 0 Å². The van der Waals surface area contributed by atoms with Gasteiger partial charge in [0.05, 0.1) is 0 Å². The minimum Gasteiger partial charge on any atom is -0.352 e. The van der Waals surface area contributed by atoms with E-state index in [1.807, 2.05) is 25.7 Å². The van der Waals surface area contributed by atoms with Crippen LogP contribution in [0.1, 0.15) is 40.5 Å². The summed E-state index contributed by atoms with van der Waals surface area (Å²) in [6.45, 7) is 10.3. The summed E-state index contributed by atoms with van der Waals surface area (Å²) in [5, 5.41) is 2.82. The SMILES string of the molecule is CCN(CC(=O)NC(C)C)C(=O)N1CCCC(C)C1. The monoisotopic (exact) mass is 269 g/mol.